The third-order valence-corrected chi connectivity index (χ3v) is 3.15. The molecule has 0 N–H and O–H groups in total. The lowest BCUT2D eigenvalue weighted by Crippen LogP contribution is -2.23. The van der Waals surface area contributed by atoms with Crippen LogP contribution in [0.25, 0.3) is 0 Å². The Morgan fingerprint density at radius 3 is 2.68 bits per heavy atom. The molecule has 5 heteroatoms. The molecule has 0 bridgehead atoms. The maximum atomic E-state index is 12.4. The summed E-state index contributed by atoms with van der Waals surface area (Å²) < 4.78 is 2.81. The van der Waals surface area contributed by atoms with Crippen molar-refractivity contribution < 1.29 is 4.79 Å². The molecule has 2 aromatic rings. The molecule has 0 atom stereocenters. The van der Waals surface area contributed by atoms with Gasteiger partial charge in [-0.25, -0.2) is 4.79 Å². The van der Waals surface area contributed by atoms with E-state index in [9.17, 15) is 4.79 Å². The van der Waals surface area contributed by atoms with E-state index >= 15 is 0 Å². The Kier molecular flexibility index (Phi) is 3.83. The van der Waals surface area contributed by atoms with E-state index in [1.807, 2.05) is 6.92 Å². The van der Waals surface area contributed by atoms with Gasteiger partial charge in [-0.15, -0.1) is 0 Å². The zero-order valence-corrected chi connectivity index (χ0v) is 11.9. The Labute approximate surface area is 113 Å². The number of carbonyl (C=O) groups excluding carboxylic acids is 1. The molecule has 0 fully saturated rings. The average molecular weight is 260 g/mol. The SMILES string of the molecule is CCCc1c(C)nn(C(=O)n2cccn2)c1C(C)C. The Balaban J connectivity index is 2.51. The van der Waals surface area contributed by atoms with Crippen molar-refractivity contribution in [1.82, 2.24) is 19.6 Å². The van der Waals surface area contributed by atoms with Gasteiger partial charge in [-0.3, -0.25) is 0 Å². The van der Waals surface area contributed by atoms with Gasteiger partial charge in [0, 0.05) is 12.4 Å². The van der Waals surface area contributed by atoms with E-state index in [2.05, 4.69) is 31.0 Å². The van der Waals surface area contributed by atoms with Gasteiger partial charge in [-0.05, 0) is 30.9 Å². The van der Waals surface area contributed by atoms with E-state index in [1.165, 1.54) is 14.9 Å². The summed E-state index contributed by atoms with van der Waals surface area (Å²) in [6.07, 6.45) is 5.23. The molecule has 0 saturated carbocycles. The maximum absolute atomic E-state index is 12.4. The van der Waals surface area contributed by atoms with E-state index < -0.39 is 0 Å². The highest BCUT2D eigenvalue weighted by atomic mass is 16.2. The minimum absolute atomic E-state index is 0.223. The van der Waals surface area contributed by atoms with Gasteiger partial charge in [0.05, 0.1) is 11.4 Å². The fourth-order valence-corrected chi connectivity index (χ4v) is 2.35. The smallest absolute Gasteiger partial charge is 0.244 e. The summed E-state index contributed by atoms with van der Waals surface area (Å²) in [5, 5.41) is 8.40. The molecule has 0 amide bonds. The normalized spacial score (nSPS) is 11.2. The molecule has 0 aliphatic heterocycles. The predicted molar refractivity (Wildman–Crippen MR) is 73.5 cm³/mol. The zero-order chi connectivity index (χ0) is 14.0. The third kappa shape index (κ3) is 2.45. The van der Waals surface area contributed by atoms with E-state index in [4.69, 9.17) is 0 Å². The minimum Gasteiger partial charge on any atom is -0.244 e. The molecule has 0 unspecified atom stereocenters. The summed E-state index contributed by atoms with van der Waals surface area (Å²) in [6, 6.07) is 1.51. The van der Waals surface area contributed by atoms with Crippen LogP contribution in [-0.4, -0.2) is 25.6 Å². The van der Waals surface area contributed by atoms with Gasteiger partial charge < -0.3 is 0 Å². The molecule has 2 aromatic heterocycles. The molecule has 0 radical (unpaired) electrons. The molecule has 2 heterocycles. The summed E-state index contributed by atoms with van der Waals surface area (Å²) in [7, 11) is 0. The Bertz CT molecular complexity index is 567. The molecule has 0 aromatic carbocycles. The number of aryl methyl sites for hydroxylation is 1. The van der Waals surface area contributed by atoms with Gasteiger partial charge in [-0.2, -0.15) is 19.6 Å². The second-order valence-corrected chi connectivity index (χ2v) is 5.00. The molecule has 0 aliphatic carbocycles. The number of hydrogen-bond acceptors (Lipinski definition) is 3. The van der Waals surface area contributed by atoms with Crippen molar-refractivity contribution in [2.75, 3.05) is 0 Å². The first-order chi connectivity index (χ1) is 9.06. The molecule has 102 valence electrons. The van der Waals surface area contributed by atoms with Crippen LogP contribution >= 0.6 is 0 Å². The highest BCUT2D eigenvalue weighted by Crippen LogP contribution is 2.24. The van der Waals surface area contributed by atoms with Crippen molar-refractivity contribution in [1.29, 1.82) is 0 Å². The Hall–Kier alpha value is -1.91. The average Bonchev–Trinajstić information content (AvgIpc) is 2.97. The first-order valence-corrected chi connectivity index (χ1v) is 6.69. The molecule has 0 aliphatic rings. The van der Waals surface area contributed by atoms with Crippen LogP contribution in [0.1, 0.15) is 50.1 Å². The summed E-state index contributed by atoms with van der Waals surface area (Å²) in [5.41, 5.74) is 3.13. The number of nitrogens with zero attached hydrogens (tertiary/aromatic N) is 4. The largest absolute Gasteiger partial charge is 0.369 e. The molecular formula is C14H20N4O. The monoisotopic (exact) mass is 260 g/mol. The van der Waals surface area contributed by atoms with E-state index in [0.717, 1.165) is 24.2 Å². The van der Waals surface area contributed by atoms with Crippen LogP contribution in [0.2, 0.25) is 0 Å². The van der Waals surface area contributed by atoms with Gasteiger partial charge in [0.25, 0.3) is 0 Å². The standard InChI is InChI=1S/C14H20N4O/c1-5-7-12-11(4)16-18(13(12)10(2)3)14(19)17-9-6-8-15-17/h6,8-10H,5,7H2,1-4H3. The lowest BCUT2D eigenvalue weighted by atomic mass is 10.0. The molecule has 0 spiro atoms. The van der Waals surface area contributed by atoms with Crippen molar-refractivity contribution in [2.45, 2.75) is 46.5 Å². The highest BCUT2D eigenvalue weighted by molar-refractivity contribution is 5.78. The molecule has 5 nitrogen and oxygen atoms in total. The number of carbonyl (C=O) groups is 1. The van der Waals surface area contributed by atoms with E-state index in [-0.39, 0.29) is 11.9 Å². The molecule has 2 rings (SSSR count). The fourth-order valence-electron chi connectivity index (χ4n) is 2.35. The van der Waals surface area contributed by atoms with Crippen LogP contribution in [-0.2, 0) is 6.42 Å². The number of hydrogen-bond donors (Lipinski definition) is 0. The van der Waals surface area contributed by atoms with E-state index in [0.29, 0.717) is 0 Å². The summed E-state index contributed by atoms with van der Waals surface area (Å²) >= 11 is 0. The molecule has 19 heavy (non-hydrogen) atoms. The van der Waals surface area contributed by atoms with Crippen LogP contribution in [0.5, 0.6) is 0 Å². The summed E-state index contributed by atoms with van der Waals surface area (Å²) in [5.74, 6) is 0.252. The summed E-state index contributed by atoms with van der Waals surface area (Å²) in [6.45, 7) is 8.27. The second-order valence-electron chi connectivity index (χ2n) is 5.00. The van der Waals surface area contributed by atoms with Gasteiger partial charge in [0.1, 0.15) is 0 Å². The van der Waals surface area contributed by atoms with Gasteiger partial charge in [0.2, 0.25) is 0 Å². The Morgan fingerprint density at radius 2 is 2.16 bits per heavy atom. The third-order valence-electron chi connectivity index (χ3n) is 3.15. The number of aromatic nitrogens is 4. The van der Waals surface area contributed by atoms with Gasteiger partial charge in [-0.1, -0.05) is 27.2 Å². The molecule has 0 saturated heterocycles. The van der Waals surface area contributed by atoms with Crippen LogP contribution in [0.4, 0.5) is 4.79 Å². The van der Waals surface area contributed by atoms with E-state index in [1.54, 1.807) is 18.5 Å². The topological polar surface area (TPSA) is 52.7 Å². The Morgan fingerprint density at radius 1 is 1.42 bits per heavy atom. The van der Waals surface area contributed by atoms with Crippen LogP contribution in [0, 0.1) is 6.92 Å². The predicted octanol–water partition coefficient (Wildman–Crippen LogP) is 2.98. The van der Waals surface area contributed by atoms with Crippen molar-refractivity contribution in [3.05, 3.63) is 35.4 Å². The zero-order valence-electron chi connectivity index (χ0n) is 11.9. The maximum Gasteiger partial charge on any atom is 0.369 e. The van der Waals surface area contributed by atoms with Crippen LogP contribution in [0.3, 0.4) is 0 Å². The minimum atomic E-state index is -0.223. The lowest BCUT2D eigenvalue weighted by molar-refractivity contribution is 0.237. The first-order valence-electron chi connectivity index (χ1n) is 6.69. The highest BCUT2D eigenvalue weighted by Gasteiger charge is 2.22. The van der Waals surface area contributed by atoms with Crippen LogP contribution < -0.4 is 0 Å². The van der Waals surface area contributed by atoms with Crippen molar-refractivity contribution >= 4 is 6.03 Å². The number of rotatable bonds is 3. The van der Waals surface area contributed by atoms with Crippen LogP contribution in [0.15, 0.2) is 18.5 Å². The van der Waals surface area contributed by atoms with Gasteiger partial charge >= 0.3 is 6.03 Å². The quantitative estimate of drug-likeness (QED) is 0.852. The van der Waals surface area contributed by atoms with Gasteiger partial charge in [0.15, 0.2) is 0 Å². The lowest BCUT2D eigenvalue weighted by Gasteiger charge is -2.11. The fraction of sp³-hybridized carbons (Fsp3) is 0.500. The van der Waals surface area contributed by atoms with Crippen molar-refractivity contribution in [3.8, 4) is 0 Å². The van der Waals surface area contributed by atoms with Crippen molar-refractivity contribution in [3.63, 3.8) is 0 Å². The van der Waals surface area contributed by atoms with Crippen molar-refractivity contribution in [2.24, 2.45) is 0 Å². The summed E-state index contributed by atoms with van der Waals surface area (Å²) in [4.78, 5) is 12.4. The molecular weight excluding hydrogens is 240 g/mol. The second kappa shape index (κ2) is 5.38. The first kappa shape index (κ1) is 13.5.